The first-order chi connectivity index (χ1) is 16.0. The first kappa shape index (κ1) is 21.7. The van der Waals surface area contributed by atoms with E-state index in [4.69, 9.17) is 0 Å². The molecule has 7 nitrogen and oxygen atoms in total. The molecule has 1 fully saturated rings. The van der Waals surface area contributed by atoms with Crippen LogP contribution in [0.5, 0.6) is 0 Å². The molecule has 1 saturated heterocycles. The van der Waals surface area contributed by atoms with E-state index in [2.05, 4.69) is 47.7 Å². The number of nitrogens with one attached hydrogen (secondary N) is 3. The van der Waals surface area contributed by atoms with Crippen molar-refractivity contribution in [2.24, 2.45) is 5.92 Å². The Morgan fingerprint density at radius 3 is 2.73 bits per heavy atom. The summed E-state index contributed by atoms with van der Waals surface area (Å²) in [4.78, 5) is 19.5. The molecule has 170 valence electrons. The Kier molecular flexibility index (Phi) is 5.90. The van der Waals surface area contributed by atoms with Gasteiger partial charge in [0, 0.05) is 30.2 Å². The lowest BCUT2D eigenvalue weighted by Crippen LogP contribution is -2.18. The minimum atomic E-state index is -4.54. The monoisotopic (exact) mass is 471 g/mol. The highest BCUT2D eigenvalue weighted by molar-refractivity contribution is 7.99. The van der Waals surface area contributed by atoms with Crippen molar-refractivity contribution in [3.8, 4) is 0 Å². The molecule has 0 amide bonds. The maximum atomic E-state index is 13.2. The highest BCUT2D eigenvalue weighted by Crippen LogP contribution is 2.37. The van der Waals surface area contributed by atoms with Gasteiger partial charge in [0.1, 0.15) is 5.03 Å². The van der Waals surface area contributed by atoms with E-state index in [0.717, 1.165) is 37.5 Å². The largest absolute Gasteiger partial charge is 0.434 e. The molecule has 1 aliphatic rings. The van der Waals surface area contributed by atoms with Gasteiger partial charge in [-0.3, -0.25) is 4.98 Å². The van der Waals surface area contributed by atoms with Gasteiger partial charge in [0.15, 0.2) is 17.0 Å². The van der Waals surface area contributed by atoms with Crippen molar-refractivity contribution < 1.29 is 13.2 Å². The van der Waals surface area contributed by atoms with E-state index in [0.29, 0.717) is 34.2 Å². The Morgan fingerprint density at radius 1 is 1.06 bits per heavy atom. The van der Waals surface area contributed by atoms with Gasteiger partial charge in [-0.05, 0) is 30.0 Å². The van der Waals surface area contributed by atoms with Crippen LogP contribution in [0.15, 0.2) is 64.8 Å². The van der Waals surface area contributed by atoms with Crippen LogP contribution in [0.1, 0.15) is 23.7 Å². The standard InChI is InChI=1S/C22H20F3N7S/c23-22(24,25)18-16(7-4-8-26-18)33-17-12-28-19-20(30-17)32-21(31-19)29-11-13-9-15(27-10-13)14-5-2-1-3-6-14/h1-8,12-13,15,27H,9-11H2,(H2,28,29,30,31,32)/t13-,15+/m1/s1. The zero-order valence-corrected chi connectivity index (χ0v) is 18.1. The summed E-state index contributed by atoms with van der Waals surface area (Å²) >= 11 is 0.865. The van der Waals surface area contributed by atoms with Crippen molar-refractivity contribution in [3.63, 3.8) is 0 Å². The van der Waals surface area contributed by atoms with Gasteiger partial charge in [0.25, 0.3) is 0 Å². The molecule has 0 saturated carbocycles. The van der Waals surface area contributed by atoms with Crippen molar-refractivity contribution in [2.45, 2.75) is 28.6 Å². The summed E-state index contributed by atoms with van der Waals surface area (Å²) in [5.74, 6) is 0.967. The molecule has 3 N–H and O–H groups in total. The summed E-state index contributed by atoms with van der Waals surface area (Å²) in [7, 11) is 0. The Bertz CT molecular complexity index is 1250. The molecule has 4 aromatic rings. The number of nitrogens with zero attached hydrogens (tertiary/aromatic N) is 4. The number of halogens is 3. The third-order valence-electron chi connectivity index (χ3n) is 5.42. The summed E-state index contributed by atoms with van der Waals surface area (Å²) in [5.41, 5.74) is 1.15. The first-order valence-electron chi connectivity index (χ1n) is 10.4. The van der Waals surface area contributed by atoms with Crippen molar-refractivity contribution in [2.75, 3.05) is 18.4 Å². The topological polar surface area (TPSA) is 91.4 Å². The molecule has 3 aromatic heterocycles. The minimum Gasteiger partial charge on any atom is -0.355 e. The highest BCUT2D eigenvalue weighted by atomic mass is 32.2. The average Bonchev–Trinajstić information content (AvgIpc) is 3.44. The molecule has 0 aliphatic carbocycles. The van der Waals surface area contributed by atoms with Crippen molar-refractivity contribution in [1.29, 1.82) is 0 Å². The fourth-order valence-corrected chi connectivity index (χ4v) is 4.73. The summed E-state index contributed by atoms with van der Waals surface area (Å²) in [5, 5.41) is 7.16. The number of aromatic nitrogens is 5. The molecule has 2 atom stereocenters. The van der Waals surface area contributed by atoms with E-state index in [1.807, 2.05) is 18.2 Å². The third-order valence-corrected chi connectivity index (χ3v) is 6.38. The summed E-state index contributed by atoms with van der Waals surface area (Å²) < 4.78 is 39.6. The van der Waals surface area contributed by atoms with E-state index in [9.17, 15) is 13.2 Å². The van der Waals surface area contributed by atoms with Crippen molar-refractivity contribution in [3.05, 3.63) is 66.1 Å². The van der Waals surface area contributed by atoms with E-state index < -0.39 is 11.9 Å². The molecule has 5 rings (SSSR count). The maximum Gasteiger partial charge on any atom is 0.434 e. The van der Waals surface area contributed by atoms with Gasteiger partial charge >= 0.3 is 6.18 Å². The molecule has 0 bridgehead atoms. The highest BCUT2D eigenvalue weighted by Gasteiger charge is 2.35. The van der Waals surface area contributed by atoms with Gasteiger partial charge in [0.2, 0.25) is 5.95 Å². The molecule has 0 spiro atoms. The van der Waals surface area contributed by atoms with E-state index in [1.54, 1.807) is 0 Å². The smallest absolute Gasteiger partial charge is 0.355 e. The van der Waals surface area contributed by atoms with Crippen LogP contribution in [-0.2, 0) is 6.18 Å². The summed E-state index contributed by atoms with van der Waals surface area (Å²) in [6.07, 6.45) is -0.991. The van der Waals surface area contributed by atoms with Crippen LogP contribution in [-0.4, -0.2) is 38.0 Å². The second-order valence-corrected chi connectivity index (χ2v) is 8.83. The number of benzene rings is 1. The van der Waals surface area contributed by atoms with Crippen LogP contribution in [0.25, 0.3) is 11.3 Å². The number of alkyl halides is 3. The van der Waals surface area contributed by atoms with Gasteiger partial charge < -0.3 is 15.6 Å². The fraction of sp³-hybridized carbons (Fsp3) is 0.273. The van der Waals surface area contributed by atoms with Crippen molar-refractivity contribution >= 4 is 29.0 Å². The van der Waals surface area contributed by atoms with Crippen molar-refractivity contribution in [1.82, 2.24) is 30.2 Å². The molecule has 1 aromatic carbocycles. The number of imidazole rings is 1. The SMILES string of the molecule is FC(F)(F)c1ncccc1Sc1cnc2nc(NC[C@H]3CN[C@H](c4ccccc4)C3)[nH]c2n1. The lowest BCUT2D eigenvalue weighted by molar-refractivity contribution is -0.143. The Morgan fingerprint density at radius 2 is 1.91 bits per heavy atom. The van der Waals surface area contributed by atoms with Crippen LogP contribution >= 0.6 is 11.8 Å². The predicted molar refractivity (Wildman–Crippen MR) is 119 cm³/mol. The van der Waals surface area contributed by atoms with Gasteiger partial charge in [0.05, 0.1) is 6.20 Å². The Balaban J connectivity index is 1.24. The maximum absolute atomic E-state index is 13.2. The molecule has 11 heteroatoms. The molecule has 0 unspecified atom stereocenters. The molecule has 1 aliphatic heterocycles. The molecule has 33 heavy (non-hydrogen) atoms. The second-order valence-electron chi connectivity index (χ2n) is 7.77. The number of rotatable bonds is 6. The van der Waals surface area contributed by atoms with Gasteiger partial charge in [-0.25, -0.2) is 9.97 Å². The number of H-pyrrole nitrogens is 1. The lowest BCUT2D eigenvalue weighted by Gasteiger charge is -2.11. The number of pyridine rings is 1. The molecular formula is C22H20F3N7S. The number of hydrogen-bond donors (Lipinski definition) is 3. The van der Waals surface area contributed by atoms with Crippen LogP contribution in [0.4, 0.5) is 19.1 Å². The van der Waals surface area contributed by atoms with Gasteiger partial charge in [-0.2, -0.15) is 18.2 Å². The number of fused-ring (bicyclic) bond motifs is 1. The van der Waals surface area contributed by atoms with Gasteiger partial charge in [-0.15, -0.1) is 0 Å². The van der Waals surface area contributed by atoms with Crippen LogP contribution in [0, 0.1) is 5.92 Å². The average molecular weight is 472 g/mol. The first-order valence-corrected chi connectivity index (χ1v) is 11.2. The number of aromatic amines is 1. The molecule has 0 radical (unpaired) electrons. The lowest BCUT2D eigenvalue weighted by atomic mass is 10.0. The summed E-state index contributed by atoms with van der Waals surface area (Å²) in [6.45, 7) is 1.62. The second kappa shape index (κ2) is 8.99. The van der Waals surface area contributed by atoms with Crippen LogP contribution in [0.3, 0.4) is 0 Å². The zero-order valence-electron chi connectivity index (χ0n) is 17.3. The van der Waals surface area contributed by atoms with E-state index in [-0.39, 0.29) is 4.90 Å². The quantitative estimate of drug-likeness (QED) is 0.376. The summed E-state index contributed by atoms with van der Waals surface area (Å²) in [6, 6.07) is 13.5. The number of hydrogen-bond acceptors (Lipinski definition) is 7. The van der Waals surface area contributed by atoms with E-state index >= 15 is 0 Å². The number of anilines is 1. The van der Waals surface area contributed by atoms with Gasteiger partial charge in [-0.1, -0.05) is 42.1 Å². The Hall–Kier alpha value is -3.18. The van der Waals surface area contributed by atoms with E-state index in [1.165, 1.54) is 23.9 Å². The molecular weight excluding hydrogens is 451 g/mol. The zero-order chi connectivity index (χ0) is 22.8. The van der Waals surface area contributed by atoms with Crippen LogP contribution < -0.4 is 10.6 Å². The minimum absolute atomic E-state index is 0.0294. The third kappa shape index (κ3) is 4.93. The van der Waals surface area contributed by atoms with Crippen LogP contribution in [0.2, 0.25) is 0 Å². The Labute approximate surface area is 191 Å². The normalized spacial score (nSPS) is 18.6. The molecule has 4 heterocycles. The fourth-order valence-electron chi connectivity index (χ4n) is 3.85. The predicted octanol–water partition coefficient (Wildman–Crippen LogP) is 4.68.